The van der Waals surface area contributed by atoms with Crippen LogP contribution in [0.5, 0.6) is 23.0 Å². The molecule has 2 heterocycles. The Labute approximate surface area is 151 Å². The van der Waals surface area contributed by atoms with E-state index in [2.05, 4.69) is 10.3 Å². The number of nitrogens with one attached hydrogen (secondary N) is 1. The topological polar surface area (TPSA) is 63.7 Å². The van der Waals surface area contributed by atoms with Crippen molar-refractivity contribution in [1.29, 1.82) is 0 Å². The Hall–Kier alpha value is -3.12. The summed E-state index contributed by atoms with van der Waals surface area (Å²) in [6.07, 6.45) is 3.47. The maximum Gasteiger partial charge on any atom is 0.255 e. The van der Waals surface area contributed by atoms with E-state index in [1.165, 1.54) is 0 Å². The quantitative estimate of drug-likeness (QED) is 0.612. The highest BCUT2D eigenvalue weighted by Crippen LogP contribution is 2.49. The van der Waals surface area contributed by atoms with Gasteiger partial charge in [0.05, 0.1) is 5.56 Å². The Balaban J connectivity index is 1.68. The molecule has 0 saturated heterocycles. The number of benzene rings is 2. The molecular weight excluding hydrogens is 330 g/mol. The van der Waals surface area contributed by atoms with Gasteiger partial charge in [-0.05, 0) is 43.7 Å². The minimum Gasteiger partial charge on any atom is -0.449 e. The van der Waals surface area contributed by atoms with E-state index in [0.717, 1.165) is 17.3 Å². The molecule has 3 aromatic rings. The van der Waals surface area contributed by atoms with Gasteiger partial charge in [0.2, 0.25) is 0 Å². The second-order valence-electron chi connectivity index (χ2n) is 6.39. The van der Waals surface area contributed by atoms with Crippen LogP contribution in [0.2, 0.25) is 0 Å². The molecule has 6 nitrogen and oxygen atoms in total. The predicted molar refractivity (Wildman–Crippen MR) is 99.2 cm³/mol. The fourth-order valence-corrected chi connectivity index (χ4v) is 2.89. The van der Waals surface area contributed by atoms with E-state index < -0.39 is 0 Å². The summed E-state index contributed by atoms with van der Waals surface area (Å²) in [5.41, 5.74) is 0.452. The van der Waals surface area contributed by atoms with Crippen LogP contribution in [-0.4, -0.2) is 43.0 Å². The van der Waals surface area contributed by atoms with E-state index in [-0.39, 0.29) is 5.91 Å². The van der Waals surface area contributed by atoms with Crippen LogP contribution in [0.4, 0.5) is 0 Å². The van der Waals surface area contributed by atoms with Crippen molar-refractivity contribution in [2.24, 2.45) is 0 Å². The van der Waals surface area contributed by atoms with Crippen molar-refractivity contribution in [2.75, 3.05) is 27.2 Å². The average Bonchev–Trinajstić information content (AvgIpc) is 2.65. The number of amides is 1. The van der Waals surface area contributed by atoms with Crippen LogP contribution in [0.15, 0.2) is 48.8 Å². The molecule has 0 saturated carbocycles. The zero-order chi connectivity index (χ0) is 18.1. The number of nitrogens with zero attached hydrogens (tertiary/aromatic N) is 2. The number of likely N-dealkylation sites (N-methyl/N-ethyl adjacent to an activating group) is 1. The Kier molecular flexibility index (Phi) is 4.18. The van der Waals surface area contributed by atoms with Gasteiger partial charge in [-0.2, -0.15) is 0 Å². The highest BCUT2D eigenvalue weighted by molar-refractivity contribution is 5.99. The van der Waals surface area contributed by atoms with Crippen LogP contribution < -0.4 is 14.8 Å². The monoisotopic (exact) mass is 349 g/mol. The molecular formula is C20H19N3O3. The standard InChI is InChI=1S/C20H19N3O3/c1-23(2)11-10-22-20(24)14-4-3-5-16-18(14)26-19-15-12-21-9-8-13(15)6-7-17(19)25-16/h3-9,12H,10-11H2,1-2H3,(H,22,24). The first-order valence-corrected chi connectivity index (χ1v) is 8.42. The minimum atomic E-state index is -0.186. The minimum absolute atomic E-state index is 0.186. The van der Waals surface area contributed by atoms with Gasteiger partial charge >= 0.3 is 0 Å². The second kappa shape index (κ2) is 6.65. The van der Waals surface area contributed by atoms with Crippen LogP contribution in [0, 0.1) is 0 Å². The summed E-state index contributed by atoms with van der Waals surface area (Å²) in [7, 11) is 3.92. The predicted octanol–water partition coefficient (Wildman–Crippen LogP) is 3.42. The third-order valence-electron chi connectivity index (χ3n) is 4.23. The van der Waals surface area contributed by atoms with Gasteiger partial charge in [-0.1, -0.05) is 12.1 Å². The number of carbonyl (C=O) groups excluding carboxylic acids is 1. The summed E-state index contributed by atoms with van der Waals surface area (Å²) >= 11 is 0. The van der Waals surface area contributed by atoms with E-state index in [4.69, 9.17) is 9.47 Å². The lowest BCUT2D eigenvalue weighted by Gasteiger charge is -2.23. The largest absolute Gasteiger partial charge is 0.449 e. The summed E-state index contributed by atoms with van der Waals surface area (Å²) < 4.78 is 12.1. The summed E-state index contributed by atoms with van der Waals surface area (Å²) in [5, 5.41) is 4.76. The lowest BCUT2D eigenvalue weighted by atomic mass is 10.1. The van der Waals surface area contributed by atoms with E-state index in [1.807, 2.05) is 37.2 Å². The zero-order valence-corrected chi connectivity index (χ0v) is 14.7. The molecule has 132 valence electrons. The van der Waals surface area contributed by atoms with E-state index in [0.29, 0.717) is 35.1 Å². The molecule has 1 amide bonds. The fraction of sp³-hybridized carbons (Fsp3) is 0.200. The lowest BCUT2D eigenvalue weighted by molar-refractivity contribution is 0.0947. The molecule has 0 atom stereocenters. The highest BCUT2D eigenvalue weighted by Gasteiger charge is 2.26. The first-order valence-electron chi connectivity index (χ1n) is 8.42. The van der Waals surface area contributed by atoms with E-state index in [1.54, 1.807) is 30.6 Å². The maximum absolute atomic E-state index is 12.6. The molecule has 1 aliphatic heterocycles. The number of pyridine rings is 1. The van der Waals surface area contributed by atoms with Gasteiger partial charge in [-0.25, -0.2) is 0 Å². The van der Waals surface area contributed by atoms with Gasteiger partial charge in [-0.3, -0.25) is 9.78 Å². The lowest BCUT2D eigenvalue weighted by Crippen LogP contribution is -2.31. The molecule has 0 bridgehead atoms. The van der Waals surface area contributed by atoms with Gasteiger partial charge < -0.3 is 19.7 Å². The molecule has 1 N–H and O–H groups in total. The number of fused-ring (bicyclic) bond motifs is 4. The molecule has 0 aliphatic carbocycles. The molecule has 1 aromatic heterocycles. The number of ether oxygens (including phenoxy) is 2. The molecule has 0 spiro atoms. The van der Waals surface area contributed by atoms with Crippen LogP contribution in [0.1, 0.15) is 10.4 Å². The van der Waals surface area contributed by atoms with Gasteiger partial charge in [0.25, 0.3) is 5.91 Å². The van der Waals surface area contributed by atoms with Crippen LogP contribution >= 0.6 is 0 Å². The van der Waals surface area contributed by atoms with Crippen molar-refractivity contribution < 1.29 is 14.3 Å². The normalized spacial score (nSPS) is 12.1. The molecule has 0 unspecified atom stereocenters. The number of aromatic nitrogens is 1. The smallest absolute Gasteiger partial charge is 0.255 e. The fourth-order valence-electron chi connectivity index (χ4n) is 2.89. The summed E-state index contributed by atoms with van der Waals surface area (Å²) in [6, 6.07) is 11.1. The second-order valence-corrected chi connectivity index (χ2v) is 6.39. The third kappa shape index (κ3) is 2.95. The van der Waals surface area contributed by atoms with Crippen LogP contribution in [0.25, 0.3) is 10.8 Å². The Morgan fingerprint density at radius 2 is 1.92 bits per heavy atom. The summed E-state index contributed by atoms with van der Waals surface area (Å²) in [5.74, 6) is 1.97. The first kappa shape index (κ1) is 16.4. The van der Waals surface area contributed by atoms with Gasteiger partial charge in [0, 0.05) is 30.9 Å². The van der Waals surface area contributed by atoms with E-state index in [9.17, 15) is 4.79 Å². The molecule has 2 aromatic carbocycles. The van der Waals surface area contributed by atoms with Crippen molar-refractivity contribution >= 4 is 16.7 Å². The summed E-state index contributed by atoms with van der Waals surface area (Å²) in [6.45, 7) is 1.32. The van der Waals surface area contributed by atoms with Gasteiger partial charge in [-0.15, -0.1) is 0 Å². The van der Waals surface area contributed by atoms with Crippen molar-refractivity contribution in [3.05, 3.63) is 54.4 Å². The van der Waals surface area contributed by atoms with Gasteiger partial charge in [0.15, 0.2) is 23.0 Å². The number of carbonyl (C=O) groups is 1. The number of hydrogen-bond donors (Lipinski definition) is 1. The van der Waals surface area contributed by atoms with Crippen molar-refractivity contribution in [1.82, 2.24) is 15.2 Å². The number of para-hydroxylation sites is 1. The van der Waals surface area contributed by atoms with E-state index >= 15 is 0 Å². The van der Waals surface area contributed by atoms with Crippen molar-refractivity contribution in [2.45, 2.75) is 0 Å². The first-order chi connectivity index (χ1) is 12.6. The van der Waals surface area contributed by atoms with Crippen molar-refractivity contribution in [3.63, 3.8) is 0 Å². The van der Waals surface area contributed by atoms with Gasteiger partial charge in [0.1, 0.15) is 0 Å². The van der Waals surface area contributed by atoms with Crippen molar-refractivity contribution in [3.8, 4) is 23.0 Å². The third-order valence-corrected chi connectivity index (χ3v) is 4.23. The molecule has 1 aliphatic rings. The molecule has 4 rings (SSSR count). The van der Waals surface area contributed by atoms with Crippen LogP contribution in [0.3, 0.4) is 0 Å². The molecule has 0 fully saturated rings. The maximum atomic E-state index is 12.6. The number of hydrogen-bond acceptors (Lipinski definition) is 5. The Morgan fingerprint density at radius 3 is 2.77 bits per heavy atom. The summed E-state index contributed by atoms with van der Waals surface area (Å²) in [4.78, 5) is 18.8. The Bertz CT molecular complexity index is 985. The Morgan fingerprint density at radius 1 is 1.08 bits per heavy atom. The molecule has 26 heavy (non-hydrogen) atoms. The SMILES string of the molecule is CN(C)CCNC(=O)c1cccc2c1Oc1c(ccc3ccncc13)O2. The number of rotatable bonds is 4. The zero-order valence-electron chi connectivity index (χ0n) is 14.7. The highest BCUT2D eigenvalue weighted by atomic mass is 16.6. The van der Waals surface area contributed by atoms with Crippen LogP contribution in [-0.2, 0) is 0 Å². The average molecular weight is 349 g/mol. The molecule has 0 radical (unpaired) electrons. The molecule has 6 heteroatoms.